The van der Waals surface area contributed by atoms with Gasteiger partial charge in [0, 0.05) is 21.8 Å². The summed E-state index contributed by atoms with van der Waals surface area (Å²) in [6, 6.07) is 15.8. The van der Waals surface area contributed by atoms with Crippen LogP contribution in [0.15, 0.2) is 78.4 Å². The minimum Gasteiger partial charge on any atom is -0.493 e. The number of methoxy groups -OCH3 is 1. The summed E-state index contributed by atoms with van der Waals surface area (Å²) >= 11 is 2.09. The van der Waals surface area contributed by atoms with Crippen molar-refractivity contribution in [2.24, 2.45) is 0 Å². The molecule has 1 N–H and O–H groups in total. The first-order chi connectivity index (χ1) is 18.7. The summed E-state index contributed by atoms with van der Waals surface area (Å²) in [5, 5.41) is 13.1. The lowest BCUT2D eigenvalue weighted by molar-refractivity contribution is -0.384. The third-order valence-electron chi connectivity index (χ3n) is 5.39. The molecular formula is C27H18IN3O8. The minimum absolute atomic E-state index is 0.0588. The number of barbiturate groups is 1. The monoisotopic (exact) mass is 639 g/mol. The van der Waals surface area contributed by atoms with Crippen LogP contribution < -0.4 is 19.7 Å². The highest BCUT2D eigenvalue weighted by Crippen LogP contribution is 2.30. The number of imide groups is 2. The molecule has 4 rings (SSSR count). The van der Waals surface area contributed by atoms with E-state index in [4.69, 9.17) is 9.47 Å². The van der Waals surface area contributed by atoms with Gasteiger partial charge in [-0.05, 0) is 82.3 Å². The van der Waals surface area contributed by atoms with Gasteiger partial charge in [0.2, 0.25) is 0 Å². The standard InChI is InChI=1S/C27H18IN3O8/c1-38-23-15-17(5-11-22(23)39-24(32)12-6-16-3-2-4-20(13-16)31(36)37)14-21-25(33)29-27(35)30(26(21)34)19-9-7-18(28)8-10-19/h2-15H,1H3,(H,29,33,35)/b12-6+,21-14+. The number of carbonyl (C=O) groups excluding carboxylic acids is 4. The van der Waals surface area contributed by atoms with Crippen LogP contribution in [0.5, 0.6) is 11.5 Å². The highest BCUT2D eigenvalue weighted by Gasteiger charge is 2.36. The lowest BCUT2D eigenvalue weighted by atomic mass is 10.1. The molecule has 0 atom stereocenters. The fraction of sp³-hybridized carbons (Fsp3) is 0.0370. The molecular weight excluding hydrogens is 621 g/mol. The number of nitrogens with one attached hydrogen (secondary N) is 1. The maximum absolute atomic E-state index is 13.1. The highest BCUT2D eigenvalue weighted by atomic mass is 127. The predicted octanol–water partition coefficient (Wildman–Crippen LogP) is 4.49. The fourth-order valence-corrected chi connectivity index (χ4v) is 3.92. The van der Waals surface area contributed by atoms with Crippen LogP contribution in [0.4, 0.5) is 16.2 Å². The zero-order valence-electron chi connectivity index (χ0n) is 20.1. The van der Waals surface area contributed by atoms with Gasteiger partial charge in [0.1, 0.15) is 5.57 Å². The number of ether oxygens (including phenoxy) is 2. The first-order valence-corrected chi connectivity index (χ1v) is 12.2. The second-order valence-corrected chi connectivity index (χ2v) is 9.20. The van der Waals surface area contributed by atoms with Gasteiger partial charge in [-0.3, -0.25) is 25.0 Å². The molecule has 196 valence electrons. The van der Waals surface area contributed by atoms with E-state index in [1.807, 2.05) is 0 Å². The zero-order chi connectivity index (χ0) is 28.1. The molecule has 3 aromatic rings. The molecule has 39 heavy (non-hydrogen) atoms. The van der Waals surface area contributed by atoms with E-state index >= 15 is 0 Å². The van der Waals surface area contributed by atoms with Crippen LogP contribution in [-0.2, 0) is 14.4 Å². The number of nitro benzene ring substituents is 1. The summed E-state index contributed by atoms with van der Waals surface area (Å²) in [5.74, 6) is -2.23. The van der Waals surface area contributed by atoms with Crippen molar-refractivity contribution in [2.75, 3.05) is 12.0 Å². The van der Waals surface area contributed by atoms with Crippen molar-refractivity contribution < 1.29 is 33.6 Å². The van der Waals surface area contributed by atoms with Gasteiger partial charge in [-0.25, -0.2) is 14.5 Å². The number of non-ortho nitro benzene ring substituents is 1. The first kappa shape index (κ1) is 27.2. The molecule has 0 aliphatic carbocycles. The number of benzene rings is 3. The van der Waals surface area contributed by atoms with Gasteiger partial charge in [-0.2, -0.15) is 0 Å². The van der Waals surface area contributed by atoms with Crippen molar-refractivity contribution in [2.45, 2.75) is 0 Å². The predicted molar refractivity (Wildman–Crippen MR) is 149 cm³/mol. The molecule has 4 amide bonds. The van der Waals surface area contributed by atoms with Crippen molar-refractivity contribution in [1.82, 2.24) is 5.32 Å². The summed E-state index contributed by atoms with van der Waals surface area (Å²) in [7, 11) is 1.35. The van der Waals surface area contributed by atoms with Crippen molar-refractivity contribution in [3.63, 3.8) is 0 Å². The van der Waals surface area contributed by atoms with Crippen LogP contribution in [-0.4, -0.2) is 35.8 Å². The maximum atomic E-state index is 13.1. The Balaban J connectivity index is 1.54. The number of urea groups is 1. The maximum Gasteiger partial charge on any atom is 0.336 e. The molecule has 1 saturated heterocycles. The third-order valence-corrected chi connectivity index (χ3v) is 6.11. The molecule has 1 heterocycles. The number of halogens is 1. The molecule has 0 unspecified atom stereocenters. The van der Waals surface area contributed by atoms with E-state index in [0.29, 0.717) is 16.8 Å². The highest BCUT2D eigenvalue weighted by molar-refractivity contribution is 14.1. The number of anilines is 1. The molecule has 12 heteroatoms. The summed E-state index contributed by atoms with van der Waals surface area (Å²) in [5.41, 5.74) is 0.708. The van der Waals surface area contributed by atoms with Gasteiger partial charge < -0.3 is 9.47 Å². The number of nitrogens with zero attached hydrogens (tertiary/aromatic N) is 2. The lowest BCUT2D eigenvalue weighted by Gasteiger charge is -2.26. The van der Waals surface area contributed by atoms with Crippen molar-refractivity contribution in [3.05, 3.63) is 103 Å². The van der Waals surface area contributed by atoms with Gasteiger partial charge in [0.25, 0.3) is 17.5 Å². The zero-order valence-corrected chi connectivity index (χ0v) is 22.3. The van der Waals surface area contributed by atoms with E-state index in [0.717, 1.165) is 14.5 Å². The summed E-state index contributed by atoms with van der Waals surface area (Å²) in [6.07, 6.45) is 3.77. The SMILES string of the molecule is COc1cc(/C=C2\C(=O)NC(=O)N(c3ccc(I)cc3)C2=O)ccc1OC(=O)/C=C/c1cccc([N+](=O)[O-])c1. The molecule has 0 spiro atoms. The molecule has 1 aliphatic heterocycles. The van der Waals surface area contributed by atoms with E-state index in [1.54, 1.807) is 30.3 Å². The van der Waals surface area contributed by atoms with Crippen molar-refractivity contribution >= 4 is 69.9 Å². The average Bonchev–Trinajstić information content (AvgIpc) is 2.91. The van der Waals surface area contributed by atoms with Crippen LogP contribution in [0.1, 0.15) is 11.1 Å². The Hall–Kier alpha value is -4.85. The molecule has 1 aliphatic rings. The average molecular weight is 639 g/mol. The van der Waals surface area contributed by atoms with E-state index in [-0.39, 0.29) is 22.8 Å². The Morgan fingerprint density at radius 1 is 1.00 bits per heavy atom. The van der Waals surface area contributed by atoms with Crippen molar-refractivity contribution in [3.8, 4) is 11.5 Å². The largest absolute Gasteiger partial charge is 0.493 e. The topological polar surface area (TPSA) is 145 Å². The second kappa shape index (κ2) is 11.7. The number of amides is 4. The van der Waals surface area contributed by atoms with Gasteiger partial charge in [0.05, 0.1) is 17.7 Å². The van der Waals surface area contributed by atoms with Crippen LogP contribution in [0, 0.1) is 13.7 Å². The van der Waals surface area contributed by atoms with Gasteiger partial charge in [-0.15, -0.1) is 0 Å². The molecule has 0 aromatic heterocycles. The Kier molecular flexibility index (Phi) is 8.15. The summed E-state index contributed by atoms with van der Waals surface area (Å²) < 4.78 is 11.5. The molecule has 3 aromatic carbocycles. The number of hydrogen-bond acceptors (Lipinski definition) is 8. The third kappa shape index (κ3) is 6.35. The van der Waals surface area contributed by atoms with E-state index in [9.17, 15) is 29.3 Å². The molecule has 0 saturated carbocycles. The smallest absolute Gasteiger partial charge is 0.336 e. The van der Waals surface area contributed by atoms with E-state index < -0.39 is 28.7 Å². The first-order valence-electron chi connectivity index (χ1n) is 11.2. The lowest BCUT2D eigenvalue weighted by Crippen LogP contribution is -2.54. The Morgan fingerprint density at radius 3 is 2.44 bits per heavy atom. The van der Waals surface area contributed by atoms with Gasteiger partial charge in [-0.1, -0.05) is 18.2 Å². The quantitative estimate of drug-likeness (QED) is 0.0758. The summed E-state index contributed by atoms with van der Waals surface area (Å²) in [6.45, 7) is 0. The number of hydrogen-bond donors (Lipinski definition) is 1. The Bertz CT molecular complexity index is 1560. The normalized spacial score (nSPS) is 14.5. The second-order valence-electron chi connectivity index (χ2n) is 7.95. The van der Waals surface area contributed by atoms with Crippen molar-refractivity contribution in [1.29, 1.82) is 0 Å². The fourth-order valence-electron chi connectivity index (χ4n) is 3.56. The summed E-state index contributed by atoms with van der Waals surface area (Å²) in [4.78, 5) is 61.5. The van der Waals surface area contributed by atoms with Crippen LogP contribution in [0.2, 0.25) is 0 Å². The number of carbonyl (C=O) groups is 4. The van der Waals surface area contributed by atoms with Crippen LogP contribution >= 0.6 is 22.6 Å². The van der Waals surface area contributed by atoms with Gasteiger partial charge >= 0.3 is 12.0 Å². The minimum atomic E-state index is -0.860. The molecule has 11 nitrogen and oxygen atoms in total. The molecule has 0 radical (unpaired) electrons. The number of rotatable bonds is 7. The Morgan fingerprint density at radius 2 is 1.74 bits per heavy atom. The van der Waals surface area contributed by atoms with E-state index in [1.165, 1.54) is 55.7 Å². The Labute approximate surface area is 235 Å². The molecule has 0 bridgehead atoms. The number of esters is 1. The van der Waals surface area contributed by atoms with E-state index in [2.05, 4.69) is 27.9 Å². The van der Waals surface area contributed by atoms with Crippen LogP contribution in [0.25, 0.3) is 12.2 Å². The van der Waals surface area contributed by atoms with Gasteiger partial charge in [0.15, 0.2) is 11.5 Å². The number of nitro groups is 1. The van der Waals surface area contributed by atoms with Crippen LogP contribution in [0.3, 0.4) is 0 Å². The molecule has 1 fully saturated rings.